The molecule has 0 aliphatic heterocycles. The van der Waals surface area contributed by atoms with Crippen LogP contribution in [0.1, 0.15) is 34.4 Å². The molecule has 7 heteroatoms. The average Bonchev–Trinajstić information content (AvgIpc) is 3.28. The van der Waals surface area contributed by atoms with Crippen molar-refractivity contribution in [1.82, 2.24) is 20.1 Å². The highest BCUT2D eigenvalue weighted by Gasteiger charge is 2.15. The Morgan fingerprint density at radius 1 is 1.09 bits per heavy atom. The Morgan fingerprint density at radius 2 is 1.76 bits per heavy atom. The highest BCUT2D eigenvalue weighted by atomic mass is 16.1. The van der Waals surface area contributed by atoms with Crippen LogP contribution >= 0.6 is 0 Å². The first-order valence-corrected chi connectivity index (χ1v) is 11.1. The summed E-state index contributed by atoms with van der Waals surface area (Å²) in [5.74, 6) is -0.116. The van der Waals surface area contributed by atoms with Crippen molar-refractivity contribution in [1.29, 1.82) is 5.26 Å². The maximum atomic E-state index is 12.7. The number of benzene rings is 2. The van der Waals surface area contributed by atoms with Gasteiger partial charge in [0, 0.05) is 36.0 Å². The number of aromatic nitrogens is 3. The molecule has 7 nitrogen and oxygen atoms in total. The number of pyridine rings is 1. The summed E-state index contributed by atoms with van der Waals surface area (Å²) in [6.45, 7) is 3.87. The zero-order valence-electron chi connectivity index (χ0n) is 19.1. The number of aromatic amines is 1. The first kappa shape index (κ1) is 22.7. The predicted molar refractivity (Wildman–Crippen MR) is 130 cm³/mol. The molecule has 0 aliphatic rings. The van der Waals surface area contributed by atoms with Crippen molar-refractivity contribution in [3.05, 3.63) is 105 Å². The Kier molecular flexibility index (Phi) is 6.69. The largest absolute Gasteiger partial charge is 0.352 e. The van der Waals surface area contributed by atoms with E-state index < -0.39 is 5.56 Å². The summed E-state index contributed by atoms with van der Waals surface area (Å²) in [7, 11) is 0. The molecule has 0 aliphatic carbocycles. The van der Waals surface area contributed by atoms with Crippen LogP contribution in [0.5, 0.6) is 0 Å². The lowest BCUT2D eigenvalue weighted by Crippen LogP contribution is -2.24. The van der Waals surface area contributed by atoms with E-state index in [0.29, 0.717) is 24.2 Å². The quantitative estimate of drug-likeness (QED) is 0.444. The summed E-state index contributed by atoms with van der Waals surface area (Å²) in [4.78, 5) is 27.3. The molecule has 2 heterocycles. The average molecular weight is 452 g/mol. The molecule has 0 spiro atoms. The number of H-pyrrole nitrogens is 1. The second kappa shape index (κ2) is 10.0. The molecule has 4 rings (SSSR count). The number of nitrogens with zero attached hydrogens (tertiary/aromatic N) is 3. The number of rotatable bonds is 7. The van der Waals surface area contributed by atoms with Gasteiger partial charge in [-0.3, -0.25) is 9.59 Å². The van der Waals surface area contributed by atoms with Gasteiger partial charge in [0.15, 0.2) is 0 Å². The molecule has 0 saturated carbocycles. The predicted octanol–water partition coefficient (Wildman–Crippen LogP) is 3.97. The number of hydrogen-bond acceptors (Lipinski definition) is 4. The van der Waals surface area contributed by atoms with Gasteiger partial charge in [0.25, 0.3) is 5.56 Å². The molecule has 0 unspecified atom stereocenters. The molecule has 0 radical (unpaired) electrons. The van der Waals surface area contributed by atoms with Crippen LogP contribution in [0.2, 0.25) is 0 Å². The van der Waals surface area contributed by atoms with Crippen molar-refractivity contribution < 1.29 is 4.79 Å². The van der Waals surface area contributed by atoms with Gasteiger partial charge in [-0.15, -0.1) is 0 Å². The van der Waals surface area contributed by atoms with Crippen LogP contribution in [-0.2, 0) is 17.8 Å². The lowest BCUT2D eigenvalue weighted by atomic mass is 9.99. The van der Waals surface area contributed by atoms with E-state index in [1.54, 1.807) is 13.8 Å². The molecule has 0 fully saturated rings. The Labute approximate surface area is 197 Å². The van der Waals surface area contributed by atoms with Crippen molar-refractivity contribution in [2.24, 2.45) is 0 Å². The zero-order chi connectivity index (χ0) is 24.1. The summed E-state index contributed by atoms with van der Waals surface area (Å²) in [6, 6.07) is 21.7. The number of amides is 1. The van der Waals surface area contributed by atoms with Crippen molar-refractivity contribution in [3.8, 4) is 23.0 Å². The van der Waals surface area contributed by atoms with Crippen molar-refractivity contribution in [3.63, 3.8) is 0 Å². The van der Waals surface area contributed by atoms with Gasteiger partial charge in [0.2, 0.25) is 5.91 Å². The van der Waals surface area contributed by atoms with Crippen LogP contribution in [0.4, 0.5) is 0 Å². The number of hydrogen-bond donors (Lipinski definition) is 2. The van der Waals surface area contributed by atoms with Crippen LogP contribution in [-0.4, -0.2) is 20.7 Å². The molecule has 34 heavy (non-hydrogen) atoms. The summed E-state index contributed by atoms with van der Waals surface area (Å²) in [5.41, 5.74) is 5.49. The van der Waals surface area contributed by atoms with E-state index in [0.717, 1.165) is 28.1 Å². The standard InChI is InChI=1S/C27H25N5O2/c1-18-23(19(2)30-27(34)24(18)15-28)13-14-25(33)29-16-21-17-32(22-11-7-4-8-12-22)31-26(21)20-9-5-3-6-10-20/h3-12,17H,13-14,16H2,1-2H3,(H,29,33)(H,30,34). The third-order valence-electron chi connectivity index (χ3n) is 5.86. The third-order valence-corrected chi connectivity index (χ3v) is 5.86. The Morgan fingerprint density at radius 3 is 2.44 bits per heavy atom. The summed E-state index contributed by atoms with van der Waals surface area (Å²) < 4.78 is 1.82. The van der Waals surface area contributed by atoms with E-state index in [1.807, 2.05) is 77.6 Å². The van der Waals surface area contributed by atoms with Crippen LogP contribution in [0.25, 0.3) is 16.9 Å². The normalized spacial score (nSPS) is 10.6. The van der Waals surface area contributed by atoms with Crippen molar-refractivity contribution >= 4 is 5.91 Å². The molecular weight excluding hydrogens is 426 g/mol. The maximum Gasteiger partial charge on any atom is 0.266 e. The van der Waals surface area contributed by atoms with Gasteiger partial charge in [-0.2, -0.15) is 10.4 Å². The lowest BCUT2D eigenvalue weighted by molar-refractivity contribution is -0.121. The monoisotopic (exact) mass is 451 g/mol. The van der Waals surface area contributed by atoms with Crippen LogP contribution in [0, 0.1) is 25.2 Å². The smallest absolute Gasteiger partial charge is 0.266 e. The van der Waals surface area contributed by atoms with Gasteiger partial charge in [0.05, 0.1) is 11.4 Å². The first-order valence-electron chi connectivity index (χ1n) is 11.1. The molecule has 170 valence electrons. The highest BCUT2D eigenvalue weighted by molar-refractivity contribution is 5.76. The number of carbonyl (C=O) groups is 1. The zero-order valence-corrected chi connectivity index (χ0v) is 19.1. The van der Waals surface area contributed by atoms with E-state index >= 15 is 0 Å². The van der Waals surface area contributed by atoms with E-state index in [9.17, 15) is 14.9 Å². The number of nitrogens with one attached hydrogen (secondary N) is 2. The lowest BCUT2D eigenvalue weighted by Gasteiger charge is -2.11. The number of aryl methyl sites for hydroxylation is 1. The fourth-order valence-corrected chi connectivity index (χ4v) is 4.03. The third kappa shape index (κ3) is 4.81. The van der Waals surface area contributed by atoms with Gasteiger partial charge in [-0.05, 0) is 43.5 Å². The van der Waals surface area contributed by atoms with Gasteiger partial charge < -0.3 is 10.3 Å². The van der Waals surface area contributed by atoms with E-state index in [4.69, 9.17) is 5.10 Å². The molecular formula is C27H25N5O2. The van der Waals surface area contributed by atoms with Crippen molar-refractivity contribution in [2.45, 2.75) is 33.2 Å². The minimum Gasteiger partial charge on any atom is -0.352 e. The fourth-order valence-electron chi connectivity index (χ4n) is 4.03. The van der Waals surface area contributed by atoms with Gasteiger partial charge in [0.1, 0.15) is 11.6 Å². The molecule has 2 aromatic carbocycles. The maximum absolute atomic E-state index is 12.7. The van der Waals surface area contributed by atoms with Crippen LogP contribution in [0.3, 0.4) is 0 Å². The molecule has 2 aromatic heterocycles. The Bertz CT molecular complexity index is 1410. The SMILES string of the molecule is Cc1[nH]c(=O)c(C#N)c(C)c1CCC(=O)NCc1cn(-c2ccccc2)nc1-c1ccccc1. The van der Waals surface area contributed by atoms with Gasteiger partial charge in [-0.1, -0.05) is 48.5 Å². The Balaban J connectivity index is 1.50. The molecule has 1 amide bonds. The molecule has 0 atom stereocenters. The number of nitriles is 1. The highest BCUT2D eigenvalue weighted by Crippen LogP contribution is 2.23. The topological polar surface area (TPSA) is 104 Å². The summed E-state index contributed by atoms with van der Waals surface area (Å²) in [6.07, 6.45) is 2.61. The minimum absolute atomic E-state index is 0.0989. The molecule has 0 saturated heterocycles. The molecule has 4 aromatic rings. The van der Waals surface area contributed by atoms with Crippen LogP contribution < -0.4 is 10.9 Å². The van der Waals surface area contributed by atoms with E-state index in [1.165, 1.54) is 0 Å². The Hall–Kier alpha value is -4.44. The molecule has 0 bridgehead atoms. The molecule has 2 N–H and O–H groups in total. The second-order valence-corrected chi connectivity index (χ2v) is 8.10. The van der Waals surface area contributed by atoms with Gasteiger partial charge >= 0.3 is 0 Å². The van der Waals surface area contributed by atoms with Crippen LogP contribution in [0.15, 0.2) is 71.7 Å². The van der Waals surface area contributed by atoms with E-state index in [2.05, 4.69) is 10.3 Å². The summed E-state index contributed by atoms with van der Waals surface area (Å²) in [5, 5.41) is 17.0. The summed E-state index contributed by atoms with van der Waals surface area (Å²) >= 11 is 0. The number of carbonyl (C=O) groups excluding carboxylic acids is 1. The van der Waals surface area contributed by atoms with Gasteiger partial charge in [-0.25, -0.2) is 4.68 Å². The second-order valence-electron chi connectivity index (χ2n) is 8.10. The van der Waals surface area contributed by atoms with Crippen molar-refractivity contribution in [2.75, 3.05) is 0 Å². The minimum atomic E-state index is -0.394. The fraction of sp³-hybridized carbons (Fsp3) is 0.185. The first-order chi connectivity index (χ1) is 16.5. The van der Waals surface area contributed by atoms with E-state index in [-0.39, 0.29) is 17.9 Å². The number of para-hydroxylation sites is 1.